The normalized spacial score (nSPS) is 14.9. The molecule has 7 nitrogen and oxygen atoms in total. The number of morpholine rings is 1. The molecule has 0 radical (unpaired) electrons. The van der Waals surface area contributed by atoms with Gasteiger partial charge < -0.3 is 10.1 Å². The van der Waals surface area contributed by atoms with E-state index in [1.165, 1.54) is 4.31 Å². The van der Waals surface area contributed by atoms with Crippen LogP contribution in [0.4, 0.5) is 5.69 Å². The van der Waals surface area contributed by atoms with Crippen molar-refractivity contribution in [1.82, 2.24) is 9.29 Å². The van der Waals surface area contributed by atoms with Crippen LogP contribution >= 0.6 is 11.3 Å². The highest BCUT2D eigenvalue weighted by molar-refractivity contribution is 7.89. The minimum Gasteiger partial charge on any atom is -0.379 e. The van der Waals surface area contributed by atoms with Gasteiger partial charge in [0.05, 0.1) is 28.8 Å². The molecular weight excluding hydrogens is 446 g/mol. The van der Waals surface area contributed by atoms with Gasteiger partial charge in [0, 0.05) is 36.1 Å². The maximum absolute atomic E-state index is 12.7. The first-order chi connectivity index (χ1) is 15.4. The number of sulfonamides is 1. The number of ether oxygens (including phenoxy) is 1. The highest BCUT2D eigenvalue weighted by Gasteiger charge is 2.26. The maximum Gasteiger partial charge on any atom is 0.243 e. The summed E-state index contributed by atoms with van der Waals surface area (Å²) in [7, 11) is -3.51. The van der Waals surface area contributed by atoms with Crippen molar-refractivity contribution < 1.29 is 17.9 Å². The van der Waals surface area contributed by atoms with Crippen molar-refractivity contribution in [3.63, 3.8) is 0 Å². The van der Waals surface area contributed by atoms with Gasteiger partial charge in [-0.1, -0.05) is 24.3 Å². The number of hydrogen-bond acceptors (Lipinski definition) is 6. The Balaban J connectivity index is 1.33. The molecule has 0 unspecified atom stereocenters. The summed E-state index contributed by atoms with van der Waals surface area (Å²) in [5.74, 6) is -0.0957. The van der Waals surface area contributed by atoms with Crippen molar-refractivity contribution in [3.8, 4) is 11.3 Å². The lowest BCUT2D eigenvalue weighted by atomic mass is 10.1. The van der Waals surface area contributed by atoms with Crippen LogP contribution < -0.4 is 5.32 Å². The average molecular weight is 472 g/mol. The topological polar surface area (TPSA) is 88.6 Å². The molecular formula is C23H25N3O4S2. The first kappa shape index (κ1) is 22.6. The predicted molar refractivity (Wildman–Crippen MR) is 125 cm³/mol. The van der Waals surface area contributed by atoms with Gasteiger partial charge in [0.15, 0.2) is 0 Å². The Morgan fingerprint density at radius 1 is 1.16 bits per heavy atom. The lowest BCUT2D eigenvalue weighted by Crippen LogP contribution is -2.40. The summed E-state index contributed by atoms with van der Waals surface area (Å²) in [6.07, 6.45) is 0.824. The molecule has 0 atom stereocenters. The van der Waals surface area contributed by atoms with Gasteiger partial charge in [-0.3, -0.25) is 4.79 Å². The van der Waals surface area contributed by atoms with E-state index in [4.69, 9.17) is 4.74 Å². The molecule has 0 spiro atoms. The van der Waals surface area contributed by atoms with Gasteiger partial charge in [0.25, 0.3) is 0 Å². The van der Waals surface area contributed by atoms with Crippen LogP contribution in [-0.4, -0.2) is 49.9 Å². The Labute approximate surface area is 192 Å². The van der Waals surface area contributed by atoms with E-state index in [0.717, 1.165) is 27.5 Å². The van der Waals surface area contributed by atoms with Crippen LogP contribution in [0.3, 0.4) is 0 Å². The Kier molecular flexibility index (Phi) is 7.00. The van der Waals surface area contributed by atoms with Crippen molar-refractivity contribution >= 4 is 33.0 Å². The fourth-order valence-electron chi connectivity index (χ4n) is 3.50. The number of hydrogen-bond donors (Lipinski definition) is 1. The van der Waals surface area contributed by atoms with E-state index < -0.39 is 10.0 Å². The summed E-state index contributed by atoms with van der Waals surface area (Å²) in [6.45, 7) is 3.53. The number of amides is 1. The van der Waals surface area contributed by atoms with E-state index in [1.54, 1.807) is 35.6 Å². The first-order valence-electron chi connectivity index (χ1n) is 10.4. The Morgan fingerprint density at radius 3 is 2.59 bits per heavy atom. The number of nitrogens with zero attached hydrogens (tertiary/aromatic N) is 2. The molecule has 1 N–H and O–H groups in total. The molecule has 1 saturated heterocycles. The number of aryl methyl sites for hydroxylation is 2. The lowest BCUT2D eigenvalue weighted by molar-refractivity contribution is -0.116. The van der Waals surface area contributed by atoms with Crippen LogP contribution in [-0.2, 0) is 26.0 Å². The predicted octanol–water partition coefficient (Wildman–Crippen LogP) is 3.71. The molecule has 2 aromatic carbocycles. The summed E-state index contributed by atoms with van der Waals surface area (Å²) in [4.78, 5) is 17.2. The molecule has 168 valence electrons. The number of rotatable bonds is 7. The number of anilines is 1. The van der Waals surface area contributed by atoms with Gasteiger partial charge in [0.2, 0.25) is 15.9 Å². The van der Waals surface area contributed by atoms with Crippen molar-refractivity contribution in [2.24, 2.45) is 0 Å². The molecule has 3 aromatic rings. The van der Waals surface area contributed by atoms with Gasteiger partial charge in [0.1, 0.15) is 0 Å². The second-order valence-corrected chi connectivity index (χ2v) is 10.5. The lowest BCUT2D eigenvalue weighted by Gasteiger charge is -2.26. The molecule has 0 saturated carbocycles. The van der Waals surface area contributed by atoms with Crippen LogP contribution in [0, 0.1) is 6.92 Å². The smallest absolute Gasteiger partial charge is 0.243 e. The molecule has 4 rings (SSSR count). The molecule has 9 heteroatoms. The second kappa shape index (κ2) is 9.91. The molecule has 1 fully saturated rings. The second-order valence-electron chi connectivity index (χ2n) is 7.54. The standard InChI is InChI=1S/C23H25N3O4S2/c1-17-24-22(16-31-17)19-3-2-4-20(15-19)25-23(27)10-7-18-5-8-21(9-6-18)32(28,29)26-11-13-30-14-12-26/h2-6,8-9,15-16H,7,10-14H2,1H3,(H,25,27). The number of benzene rings is 2. The molecule has 1 aliphatic rings. The van der Waals surface area contributed by atoms with Gasteiger partial charge in [-0.2, -0.15) is 4.31 Å². The zero-order chi connectivity index (χ0) is 22.6. The summed E-state index contributed by atoms with van der Waals surface area (Å²) in [6, 6.07) is 14.4. The Morgan fingerprint density at radius 2 is 1.91 bits per heavy atom. The zero-order valence-corrected chi connectivity index (χ0v) is 19.4. The van der Waals surface area contributed by atoms with Crippen molar-refractivity contribution in [3.05, 3.63) is 64.5 Å². The molecule has 1 aromatic heterocycles. The first-order valence-corrected chi connectivity index (χ1v) is 12.7. The SMILES string of the molecule is Cc1nc(-c2cccc(NC(=O)CCc3ccc(S(=O)(=O)N4CCOCC4)cc3)c2)cs1. The monoisotopic (exact) mass is 471 g/mol. The molecule has 0 aliphatic carbocycles. The maximum atomic E-state index is 12.7. The average Bonchev–Trinajstić information content (AvgIpc) is 3.25. The molecule has 1 amide bonds. The van der Waals surface area contributed by atoms with E-state index in [0.29, 0.717) is 39.1 Å². The van der Waals surface area contributed by atoms with Crippen LogP contribution in [0.1, 0.15) is 17.0 Å². The van der Waals surface area contributed by atoms with Crippen LogP contribution in [0.2, 0.25) is 0 Å². The van der Waals surface area contributed by atoms with E-state index in [1.807, 2.05) is 36.6 Å². The van der Waals surface area contributed by atoms with Crippen molar-refractivity contribution in [1.29, 1.82) is 0 Å². The number of carbonyl (C=O) groups is 1. The molecule has 32 heavy (non-hydrogen) atoms. The summed E-state index contributed by atoms with van der Waals surface area (Å²) < 4.78 is 32.1. The fraction of sp³-hybridized carbons (Fsp3) is 0.304. The van der Waals surface area contributed by atoms with Crippen molar-refractivity contribution in [2.75, 3.05) is 31.6 Å². The van der Waals surface area contributed by atoms with Crippen LogP contribution in [0.25, 0.3) is 11.3 Å². The third-order valence-corrected chi connectivity index (χ3v) is 7.92. The van der Waals surface area contributed by atoms with Crippen LogP contribution in [0.15, 0.2) is 58.8 Å². The van der Waals surface area contributed by atoms with E-state index >= 15 is 0 Å². The molecule has 0 bridgehead atoms. The van der Waals surface area contributed by atoms with Gasteiger partial charge >= 0.3 is 0 Å². The largest absolute Gasteiger partial charge is 0.379 e. The minimum atomic E-state index is -3.51. The summed E-state index contributed by atoms with van der Waals surface area (Å²) in [5.41, 5.74) is 3.50. The van der Waals surface area contributed by atoms with Crippen molar-refractivity contribution in [2.45, 2.75) is 24.7 Å². The number of nitrogens with one attached hydrogen (secondary N) is 1. The number of aromatic nitrogens is 1. The van der Waals surface area contributed by atoms with Gasteiger partial charge in [-0.05, 0) is 43.2 Å². The van der Waals surface area contributed by atoms with E-state index in [-0.39, 0.29) is 10.8 Å². The number of carbonyl (C=O) groups excluding carboxylic acids is 1. The highest BCUT2D eigenvalue weighted by Crippen LogP contribution is 2.24. The molecule has 2 heterocycles. The molecule has 1 aliphatic heterocycles. The quantitative estimate of drug-likeness (QED) is 0.568. The van der Waals surface area contributed by atoms with Crippen LogP contribution in [0.5, 0.6) is 0 Å². The zero-order valence-electron chi connectivity index (χ0n) is 17.8. The Hall–Kier alpha value is -2.59. The third-order valence-electron chi connectivity index (χ3n) is 5.23. The summed E-state index contributed by atoms with van der Waals surface area (Å²) in [5, 5.41) is 5.93. The van der Waals surface area contributed by atoms with Gasteiger partial charge in [-0.15, -0.1) is 11.3 Å². The third kappa shape index (κ3) is 5.42. The Bertz CT molecular complexity index is 1180. The fourth-order valence-corrected chi connectivity index (χ4v) is 5.53. The highest BCUT2D eigenvalue weighted by atomic mass is 32.2. The van der Waals surface area contributed by atoms with E-state index in [2.05, 4.69) is 10.3 Å². The van der Waals surface area contributed by atoms with E-state index in [9.17, 15) is 13.2 Å². The number of thiazole rings is 1. The summed E-state index contributed by atoms with van der Waals surface area (Å²) >= 11 is 1.59. The van der Waals surface area contributed by atoms with Gasteiger partial charge in [-0.25, -0.2) is 13.4 Å². The minimum absolute atomic E-state index is 0.0957.